The van der Waals surface area contributed by atoms with E-state index in [-0.39, 0.29) is 5.91 Å². The monoisotopic (exact) mass is 209 g/mol. The average Bonchev–Trinajstić information content (AvgIpc) is 2.72. The lowest BCUT2D eigenvalue weighted by molar-refractivity contribution is 0.0928. The van der Waals surface area contributed by atoms with Crippen molar-refractivity contribution in [2.75, 3.05) is 0 Å². The van der Waals surface area contributed by atoms with Crippen LogP contribution < -0.4 is 5.32 Å². The van der Waals surface area contributed by atoms with Gasteiger partial charge in [-0.3, -0.25) is 4.79 Å². The Morgan fingerprint density at radius 3 is 2.79 bits per heavy atom. The first-order valence-corrected chi connectivity index (χ1v) is 6.13. The van der Waals surface area contributed by atoms with E-state index in [9.17, 15) is 4.79 Å². The SMILES string of the molecule is O=C(NC1CCCCC1)c1ccsc1. The molecule has 1 heterocycles. The van der Waals surface area contributed by atoms with Gasteiger partial charge >= 0.3 is 0 Å². The van der Waals surface area contributed by atoms with Crippen molar-refractivity contribution >= 4 is 17.2 Å². The Morgan fingerprint density at radius 1 is 1.36 bits per heavy atom. The molecule has 0 bridgehead atoms. The van der Waals surface area contributed by atoms with Crippen LogP contribution in [0.25, 0.3) is 0 Å². The molecule has 1 aromatic heterocycles. The van der Waals surface area contributed by atoms with Gasteiger partial charge in [0.2, 0.25) is 0 Å². The third-order valence-corrected chi connectivity index (χ3v) is 3.41. The summed E-state index contributed by atoms with van der Waals surface area (Å²) >= 11 is 1.57. The molecule has 0 aromatic carbocycles. The highest BCUT2D eigenvalue weighted by Crippen LogP contribution is 2.18. The third-order valence-electron chi connectivity index (χ3n) is 2.72. The largest absolute Gasteiger partial charge is 0.349 e. The first kappa shape index (κ1) is 9.71. The zero-order valence-corrected chi connectivity index (χ0v) is 8.98. The van der Waals surface area contributed by atoms with Crippen LogP contribution in [0.2, 0.25) is 0 Å². The summed E-state index contributed by atoms with van der Waals surface area (Å²) in [6.45, 7) is 0. The van der Waals surface area contributed by atoms with Gasteiger partial charge in [-0.2, -0.15) is 11.3 Å². The van der Waals surface area contributed by atoms with E-state index in [4.69, 9.17) is 0 Å². The molecule has 1 aliphatic rings. The van der Waals surface area contributed by atoms with E-state index in [2.05, 4.69) is 5.32 Å². The van der Waals surface area contributed by atoms with E-state index >= 15 is 0 Å². The summed E-state index contributed by atoms with van der Waals surface area (Å²) < 4.78 is 0. The van der Waals surface area contributed by atoms with Gasteiger partial charge in [0, 0.05) is 17.0 Å². The second-order valence-electron chi connectivity index (χ2n) is 3.82. The maximum absolute atomic E-state index is 11.7. The quantitative estimate of drug-likeness (QED) is 0.797. The standard InChI is InChI=1S/C11H15NOS/c13-11(9-6-7-14-8-9)12-10-4-2-1-3-5-10/h6-8,10H,1-5H2,(H,12,13). The molecule has 1 amide bonds. The lowest BCUT2D eigenvalue weighted by Crippen LogP contribution is -2.35. The molecule has 0 atom stereocenters. The van der Waals surface area contributed by atoms with Gasteiger partial charge in [-0.25, -0.2) is 0 Å². The Kier molecular flexibility index (Phi) is 3.19. The number of rotatable bonds is 2. The maximum atomic E-state index is 11.7. The van der Waals surface area contributed by atoms with Crippen LogP contribution in [0.15, 0.2) is 16.8 Å². The van der Waals surface area contributed by atoms with E-state index in [0.29, 0.717) is 6.04 Å². The van der Waals surface area contributed by atoms with Crippen molar-refractivity contribution in [1.29, 1.82) is 0 Å². The van der Waals surface area contributed by atoms with Gasteiger partial charge < -0.3 is 5.32 Å². The lowest BCUT2D eigenvalue weighted by Gasteiger charge is -2.22. The highest BCUT2D eigenvalue weighted by Gasteiger charge is 2.16. The van der Waals surface area contributed by atoms with E-state index < -0.39 is 0 Å². The predicted octanol–water partition coefficient (Wildman–Crippen LogP) is 2.81. The fourth-order valence-corrected chi connectivity index (χ4v) is 2.55. The molecular formula is C11H15NOS. The van der Waals surface area contributed by atoms with Gasteiger partial charge in [-0.1, -0.05) is 19.3 Å². The molecule has 2 rings (SSSR count). The number of nitrogens with one attached hydrogen (secondary N) is 1. The minimum absolute atomic E-state index is 0.0955. The third kappa shape index (κ3) is 2.35. The number of hydrogen-bond acceptors (Lipinski definition) is 2. The van der Waals surface area contributed by atoms with E-state index in [1.165, 1.54) is 19.3 Å². The zero-order chi connectivity index (χ0) is 9.80. The Labute approximate surface area is 88.3 Å². The molecule has 1 N–H and O–H groups in total. The van der Waals surface area contributed by atoms with Crippen LogP contribution in [0.3, 0.4) is 0 Å². The molecule has 0 unspecified atom stereocenters. The molecule has 14 heavy (non-hydrogen) atoms. The molecule has 2 nitrogen and oxygen atoms in total. The molecule has 0 aliphatic heterocycles. The number of hydrogen-bond donors (Lipinski definition) is 1. The Bertz CT molecular complexity index is 288. The number of thiophene rings is 1. The first-order chi connectivity index (χ1) is 6.86. The molecule has 1 aromatic rings. The molecular weight excluding hydrogens is 194 g/mol. The lowest BCUT2D eigenvalue weighted by atomic mass is 9.95. The molecule has 3 heteroatoms. The Morgan fingerprint density at radius 2 is 2.14 bits per heavy atom. The predicted molar refractivity (Wildman–Crippen MR) is 58.7 cm³/mol. The molecule has 0 radical (unpaired) electrons. The summed E-state index contributed by atoms with van der Waals surface area (Å²) in [6.07, 6.45) is 6.14. The topological polar surface area (TPSA) is 29.1 Å². The van der Waals surface area contributed by atoms with Crippen LogP contribution in [0.4, 0.5) is 0 Å². The second kappa shape index (κ2) is 4.60. The highest BCUT2D eigenvalue weighted by molar-refractivity contribution is 7.08. The summed E-state index contributed by atoms with van der Waals surface area (Å²) in [4.78, 5) is 11.7. The average molecular weight is 209 g/mol. The van der Waals surface area contributed by atoms with Crippen LogP contribution in [-0.4, -0.2) is 11.9 Å². The van der Waals surface area contributed by atoms with E-state index in [0.717, 1.165) is 18.4 Å². The molecule has 1 aliphatic carbocycles. The van der Waals surface area contributed by atoms with Crippen molar-refractivity contribution in [2.45, 2.75) is 38.1 Å². The number of carbonyl (C=O) groups is 1. The number of amides is 1. The van der Waals surface area contributed by atoms with Crippen LogP contribution >= 0.6 is 11.3 Å². The van der Waals surface area contributed by atoms with Gasteiger partial charge in [-0.15, -0.1) is 0 Å². The molecule has 0 spiro atoms. The van der Waals surface area contributed by atoms with Crippen LogP contribution in [0.1, 0.15) is 42.5 Å². The fourth-order valence-electron chi connectivity index (χ4n) is 1.91. The molecule has 1 saturated carbocycles. The maximum Gasteiger partial charge on any atom is 0.252 e. The van der Waals surface area contributed by atoms with Crippen LogP contribution in [-0.2, 0) is 0 Å². The number of carbonyl (C=O) groups excluding carboxylic acids is 1. The van der Waals surface area contributed by atoms with Crippen molar-refractivity contribution in [2.24, 2.45) is 0 Å². The van der Waals surface area contributed by atoms with Gasteiger partial charge in [0.1, 0.15) is 0 Å². The van der Waals surface area contributed by atoms with E-state index in [1.54, 1.807) is 11.3 Å². The summed E-state index contributed by atoms with van der Waals surface area (Å²) in [6, 6.07) is 2.29. The van der Waals surface area contributed by atoms with Crippen molar-refractivity contribution < 1.29 is 4.79 Å². The van der Waals surface area contributed by atoms with Crippen molar-refractivity contribution in [3.8, 4) is 0 Å². The van der Waals surface area contributed by atoms with Gasteiger partial charge in [0.05, 0.1) is 0 Å². The molecule has 1 fully saturated rings. The van der Waals surface area contributed by atoms with Gasteiger partial charge in [-0.05, 0) is 24.3 Å². The summed E-state index contributed by atoms with van der Waals surface area (Å²) in [5.41, 5.74) is 0.806. The summed E-state index contributed by atoms with van der Waals surface area (Å²) in [5.74, 6) is 0.0955. The second-order valence-corrected chi connectivity index (χ2v) is 4.60. The van der Waals surface area contributed by atoms with Gasteiger partial charge in [0.15, 0.2) is 0 Å². The summed E-state index contributed by atoms with van der Waals surface area (Å²) in [7, 11) is 0. The Hall–Kier alpha value is -0.830. The van der Waals surface area contributed by atoms with Crippen LogP contribution in [0, 0.1) is 0 Å². The first-order valence-electron chi connectivity index (χ1n) is 5.19. The van der Waals surface area contributed by atoms with Gasteiger partial charge in [0.25, 0.3) is 5.91 Å². The molecule has 76 valence electrons. The fraction of sp³-hybridized carbons (Fsp3) is 0.545. The smallest absolute Gasteiger partial charge is 0.252 e. The zero-order valence-electron chi connectivity index (χ0n) is 8.16. The van der Waals surface area contributed by atoms with Crippen molar-refractivity contribution in [1.82, 2.24) is 5.32 Å². The molecule has 0 saturated heterocycles. The summed E-state index contributed by atoms with van der Waals surface area (Å²) in [5, 5.41) is 6.93. The minimum atomic E-state index is 0.0955. The van der Waals surface area contributed by atoms with Crippen molar-refractivity contribution in [3.05, 3.63) is 22.4 Å². The normalized spacial score (nSPS) is 18.0. The van der Waals surface area contributed by atoms with Crippen LogP contribution in [0.5, 0.6) is 0 Å². The van der Waals surface area contributed by atoms with Crippen molar-refractivity contribution in [3.63, 3.8) is 0 Å². The van der Waals surface area contributed by atoms with E-state index in [1.807, 2.05) is 16.8 Å². The minimum Gasteiger partial charge on any atom is -0.349 e. The Balaban J connectivity index is 1.87. The highest BCUT2D eigenvalue weighted by atomic mass is 32.1.